The molecule has 0 unspecified atom stereocenters. The van der Waals surface area contributed by atoms with Gasteiger partial charge in [0, 0.05) is 17.7 Å². The average Bonchev–Trinajstić information content (AvgIpc) is 3.12. The summed E-state index contributed by atoms with van der Waals surface area (Å²) in [6, 6.07) is 19.0. The van der Waals surface area contributed by atoms with Gasteiger partial charge >= 0.3 is 5.97 Å². The molecule has 0 spiro atoms. The quantitative estimate of drug-likeness (QED) is 0.213. The van der Waals surface area contributed by atoms with E-state index in [9.17, 15) is 23.3 Å². The highest BCUT2D eigenvalue weighted by molar-refractivity contribution is 7.90. The van der Waals surface area contributed by atoms with Crippen molar-refractivity contribution < 1.29 is 22.9 Å². The van der Waals surface area contributed by atoms with Crippen LogP contribution in [0.15, 0.2) is 87.2 Å². The van der Waals surface area contributed by atoms with Crippen LogP contribution in [0.3, 0.4) is 0 Å². The Morgan fingerprint density at radius 2 is 1.86 bits per heavy atom. The third kappa shape index (κ3) is 5.41. The van der Waals surface area contributed by atoms with Gasteiger partial charge in [0.15, 0.2) is 5.84 Å². The maximum absolute atomic E-state index is 12.5. The van der Waals surface area contributed by atoms with Gasteiger partial charge in [-0.25, -0.2) is 9.80 Å². The predicted molar refractivity (Wildman–Crippen MR) is 129 cm³/mol. The monoisotopic (exact) mass is 492 g/mol. The number of benzene rings is 3. The molecular weight excluding hydrogens is 472 g/mol. The molecule has 10 nitrogen and oxygen atoms in total. The molecule has 11 heteroatoms. The van der Waals surface area contributed by atoms with Gasteiger partial charge in [0.05, 0.1) is 23.2 Å². The second-order valence-corrected chi connectivity index (χ2v) is 9.18. The van der Waals surface area contributed by atoms with Crippen LogP contribution in [-0.4, -0.2) is 49.5 Å². The number of esters is 1. The lowest BCUT2D eigenvalue weighted by Crippen LogP contribution is -2.30. The summed E-state index contributed by atoms with van der Waals surface area (Å²) in [5.74, 6) is -0.431. The second kappa shape index (κ2) is 9.85. The van der Waals surface area contributed by atoms with E-state index in [0.29, 0.717) is 16.7 Å². The van der Waals surface area contributed by atoms with Crippen molar-refractivity contribution in [3.8, 4) is 0 Å². The van der Waals surface area contributed by atoms with Gasteiger partial charge in [0.2, 0.25) is 0 Å². The zero-order valence-corrected chi connectivity index (χ0v) is 19.4. The summed E-state index contributed by atoms with van der Waals surface area (Å²) < 4.78 is 34.3. The molecule has 0 aromatic heterocycles. The lowest BCUT2D eigenvalue weighted by molar-refractivity contribution is -0.384. The molecule has 0 N–H and O–H groups in total. The summed E-state index contributed by atoms with van der Waals surface area (Å²) in [4.78, 5) is 22.8. The number of non-ortho nitro benzene ring substituents is 1. The number of amidine groups is 1. The first-order valence-electron chi connectivity index (χ1n) is 10.5. The maximum atomic E-state index is 12.5. The number of fused-ring (bicyclic) bond motifs is 1. The Hall–Kier alpha value is -4.38. The fourth-order valence-corrected chi connectivity index (χ4v) is 4.60. The van der Waals surface area contributed by atoms with E-state index in [1.807, 2.05) is 13.0 Å². The number of hydrazone groups is 1. The first-order valence-corrected chi connectivity index (χ1v) is 11.9. The number of aryl methyl sites for hydroxylation is 1. The number of hydrogen-bond acceptors (Lipinski definition) is 8. The third-order valence-corrected chi connectivity index (χ3v) is 6.42. The molecule has 178 valence electrons. The van der Waals surface area contributed by atoms with Crippen molar-refractivity contribution in [1.29, 1.82) is 0 Å². The molecule has 0 bridgehead atoms. The number of carbonyl (C=O) groups excluding carboxylic acids is 1. The third-order valence-electron chi connectivity index (χ3n) is 5.10. The standard InChI is InChI=1S/C24H20N4O6S/c1-17-5-4-6-19(15-17)24(29)34-14-13-27(25-16-18-9-11-20(12-10-18)28(30)31)23-21-7-2-3-8-22(21)35(32,33)26-23/h2-12,15-16H,13-14H2,1H3/b25-16-. The molecule has 4 rings (SSSR count). The first kappa shape index (κ1) is 23.8. The SMILES string of the molecule is Cc1cccc(C(=O)OCCN(/N=C\c2ccc([N+](=O)[O-])cc2)C2=NS(=O)(=O)c3ccccc32)c1. The van der Waals surface area contributed by atoms with Crippen LogP contribution in [0.5, 0.6) is 0 Å². The van der Waals surface area contributed by atoms with Crippen LogP contribution < -0.4 is 0 Å². The average molecular weight is 493 g/mol. The van der Waals surface area contributed by atoms with Gasteiger partial charge in [0.1, 0.15) is 11.5 Å². The van der Waals surface area contributed by atoms with Crippen LogP contribution in [0, 0.1) is 17.0 Å². The van der Waals surface area contributed by atoms with Crippen LogP contribution in [0.4, 0.5) is 5.69 Å². The van der Waals surface area contributed by atoms with E-state index in [4.69, 9.17) is 4.74 Å². The summed E-state index contributed by atoms with van der Waals surface area (Å²) in [6.07, 6.45) is 1.42. The Bertz CT molecular complexity index is 1450. The van der Waals surface area contributed by atoms with Crippen molar-refractivity contribution in [1.82, 2.24) is 5.01 Å². The fraction of sp³-hybridized carbons (Fsp3) is 0.125. The predicted octanol–water partition coefficient (Wildman–Crippen LogP) is 3.55. The molecule has 1 heterocycles. The summed E-state index contributed by atoms with van der Waals surface area (Å²) >= 11 is 0. The number of rotatable bonds is 7. The van der Waals surface area contributed by atoms with Gasteiger partial charge in [0.25, 0.3) is 15.7 Å². The van der Waals surface area contributed by atoms with Gasteiger partial charge in [-0.3, -0.25) is 10.1 Å². The Balaban J connectivity index is 1.57. The minimum Gasteiger partial charge on any atom is -0.460 e. The Morgan fingerprint density at radius 3 is 2.57 bits per heavy atom. The Kier molecular flexibility index (Phi) is 6.69. The van der Waals surface area contributed by atoms with Crippen LogP contribution in [0.1, 0.15) is 27.0 Å². The zero-order valence-electron chi connectivity index (χ0n) is 18.6. The minimum atomic E-state index is -3.90. The molecule has 0 aliphatic carbocycles. The Labute approximate surface area is 201 Å². The van der Waals surface area contributed by atoms with Gasteiger partial charge < -0.3 is 4.74 Å². The molecular formula is C24H20N4O6S. The van der Waals surface area contributed by atoms with Crippen molar-refractivity contribution >= 4 is 33.7 Å². The fourth-order valence-electron chi connectivity index (χ4n) is 3.39. The lowest BCUT2D eigenvalue weighted by Gasteiger charge is -2.19. The van der Waals surface area contributed by atoms with Crippen molar-refractivity contribution in [2.75, 3.05) is 13.2 Å². The minimum absolute atomic E-state index is 0.0176. The number of nitrogens with zero attached hydrogens (tertiary/aromatic N) is 4. The van der Waals surface area contributed by atoms with Crippen LogP contribution in [-0.2, 0) is 14.8 Å². The molecule has 3 aromatic rings. The van der Waals surface area contributed by atoms with Crippen molar-refractivity contribution in [2.45, 2.75) is 11.8 Å². The second-order valence-electron chi connectivity index (χ2n) is 7.61. The summed E-state index contributed by atoms with van der Waals surface area (Å²) in [6.45, 7) is 1.79. The summed E-state index contributed by atoms with van der Waals surface area (Å²) in [5, 5.41) is 16.6. The van der Waals surface area contributed by atoms with E-state index < -0.39 is 20.9 Å². The van der Waals surface area contributed by atoms with Gasteiger partial charge in [-0.15, -0.1) is 4.40 Å². The Morgan fingerprint density at radius 1 is 1.11 bits per heavy atom. The van der Waals surface area contributed by atoms with E-state index >= 15 is 0 Å². The van der Waals surface area contributed by atoms with Crippen molar-refractivity contribution in [2.24, 2.45) is 9.50 Å². The zero-order chi connectivity index (χ0) is 25.0. The normalized spacial score (nSPS) is 13.8. The molecule has 3 aromatic carbocycles. The van der Waals surface area contributed by atoms with Gasteiger partial charge in [-0.1, -0.05) is 29.8 Å². The molecule has 1 aliphatic heterocycles. The number of sulfonamides is 1. The topological polar surface area (TPSA) is 132 Å². The van der Waals surface area contributed by atoms with E-state index in [1.165, 1.54) is 41.6 Å². The number of carbonyl (C=O) groups is 1. The molecule has 0 saturated carbocycles. The van der Waals surface area contributed by atoms with Crippen molar-refractivity contribution in [3.63, 3.8) is 0 Å². The summed E-state index contributed by atoms with van der Waals surface area (Å²) in [7, 11) is -3.90. The first-order chi connectivity index (χ1) is 16.7. The maximum Gasteiger partial charge on any atom is 0.338 e. The molecule has 1 aliphatic rings. The number of ether oxygens (including phenoxy) is 1. The van der Waals surface area contributed by atoms with Crippen LogP contribution in [0.2, 0.25) is 0 Å². The highest BCUT2D eigenvalue weighted by atomic mass is 32.2. The lowest BCUT2D eigenvalue weighted by atomic mass is 10.1. The molecule has 0 saturated heterocycles. The van der Waals surface area contributed by atoms with E-state index in [1.54, 1.807) is 36.4 Å². The molecule has 0 radical (unpaired) electrons. The number of hydrogen-bond donors (Lipinski definition) is 0. The van der Waals surface area contributed by atoms with Gasteiger partial charge in [-0.2, -0.15) is 13.5 Å². The van der Waals surface area contributed by atoms with Crippen LogP contribution >= 0.6 is 0 Å². The molecule has 35 heavy (non-hydrogen) atoms. The molecule has 0 atom stereocenters. The van der Waals surface area contributed by atoms with E-state index in [0.717, 1.165) is 5.56 Å². The molecule has 0 amide bonds. The van der Waals surface area contributed by atoms with Crippen LogP contribution in [0.25, 0.3) is 0 Å². The largest absolute Gasteiger partial charge is 0.460 e. The van der Waals surface area contributed by atoms with Gasteiger partial charge in [-0.05, 0) is 48.9 Å². The van der Waals surface area contributed by atoms with E-state index in [2.05, 4.69) is 9.50 Å². The number of nitro benzene ring substituents is 1. The smallest absolute Gasteiger partial charge is 0.338 e. The summed E-state index contributed by atoms with van der Waals surface area (Å²) in [5.41, 5.74) is 2.17. The molecule has 0 fully saturated rings. The van der Waals surface area contributed by atoms with E-state index in [-0.39, 0.29) is 29.6 Å². The van der Waals surface area contributed by atoms with Crippen molar-refractivity contribution in [3.05, 3.63) is 105 Å². The highest BCUT2D eigenvalue weighted by Crippen LogP contribution is 2.27. The number of nitro groups is 1. The highest BCUT2D eigenvalue weighted by Gasteiger charge is 2.31.